The number of aliphatic carboxylic acids is 1. The van der Waals surface area contributed by atoms with Gasteiger partial charge in [-0.25, -0.2) is 0 Å². The minimum Gasteiger partial charge on any atom is -0.481 e. The van der Waals surface area contributed by atoms with Crippen LogP contribution in [-0.4, -0.2) is 40.8 Å². The highest BCUT2D eigenvalue weighted by atomic mass is 16.4. The maximum absolute atomic E-state index is 12.3. The molecule has 0 aromatic heterocycles. The average Bonchev–Trinajstić information content (AvgIpc) is 2.58. The molecule has 1 atom stereocenters. The summed E-state index contributed by atoms with van der Waals surface area (Å²) in [7, 11) is 0. The molecule has 130 valence electrons. The fourth-order valence-electron chi connectivity index (χ4n) is 3.12. The van der Waals surface area contributed by atoms with Crippen LogP contribution < -0.4 is 0 Å². The molecule has 1 aliphatic heterocycles. The summed E-state index contributed by atoms with van der Waals surface area (Å²) < 4.78 is 0. The zero-order valence-corrected chi connectivity index (χ0v) is 14.2. The van der Waals surface area contributed by atoms with Crippen LogP contribution >= 0.6 is 0 Å². The Morgan fingerprint density at radius 2 is 1.83 bits per heavy atom. The van der Waals surface area contributed by atoms with Crippen LogP contribution in [0.5, 0.6) is 0 Å². The maximum Gasteiger partial charge on any atom is 0.303 e. The Labute approximate surface area is 142 Å². The number of ketones is 1. The number of hydrogen-bond acceptors (Lipinski definition) is 3. The highest BCUT2D eigenvalue weighted by molar-refractivity contribution is 5.97. The number of nitrogens with zero attached hydrogens (tertiary/aromatic N) is 1. The number of carboxylic acid groups (broad SMARTS) is 1. The molecule has 1 unspecified atom stereocenters. The van der Waals surface area contributed by atoms with Gasteiger partial charge in [0.05, 0.1) is 0 Å². The topological polar surface area (TPSA) is 74.7 Å². The van der Waals surface area contributed by atoms with Crippen molar-refractivity contribution >= 4 is 17.7 Å². The monoisotopic (exact) mass is 331 g/mol. The van der Waals surface area contributed by atoms with E-state index in [1.807, 2.05) is 19.1 Å². The summed E-state index contributed by atoms with van der Waals surface area (Å²) in [6.45, 7) is 3.29. The smallest absolute Gasteiger partial charge is 0.303 e. The van der Waals surface area contributed by atoms with Crippen molar-refractivity contribution < 1.29 is 19.5 Å². The molecule has 1 amide bonds. The van der Waals surface area contributed by atoms with E-state index < -0.39 is 5.97 Å². The predicted molar refractivity (Wildman–Crippen MR) is 90.9 cm³/mol. The van der Waals surface area contributed by atoms with E-state index in [1.54, 1.807) is 17.0 Å². The van der Waals surface area contributed by atoms with Crippen molar-refractivity contribution in [2.45, 2.75) is 45.4 Å². The molecule has 2 rings (SSSR count). The van der Waals surface area contributed by atoms with Gasteiger partial charge in [-0.1, -0.05) is 29.8 Å². The van der Waals surface area contributed by atoms with E-state index in [0.717, 1.165) is 18.4 Å². The Kier molecular flexibility index (Phi) is 6.53. The number of likely N-dealkylation sites (tertiary alicyclic amines) is 1. The molecule has 1 heterocycles. The van der Waals surface area contributed by atoms with Gasteiger partial charge in [0, 0.05) is 37.9 Å². The molecule has 0 bridgehead atoms. The SMILES string of the molecule is Cc1ccc(C(=O)CCC(=O)N2CCCC(CCC(=O)O)C2)cc1. The number of aryl methyl sites for hydroxylation is 1. The van der Waals surface area contributed by atoms with Crippen LogP contribution in [0.15, 0.2) is 24.3 Å². The number of Topliss-reactive ketones (excluding diaryl/α,β-unsaturated/α-hetero) is 1. The minimum atomic E-state index is -0.790. The molecule has 1 aromatic carbocycles. The maximum atomic E-state index is 12.3. The van der Waals surface area contributed by atoms with Crippen LogP contribution in [0.25, 0.3) is 0 Å². The van der Waals surface area contributed by atoms with Crippen LogP contribution in [0.2, 0.25) is 0 Å². The number of carbonyl (C=O) groups is 3. The van der Waals surface area contributed by atoms with Crippen LogP contribution in [-0.2, 0) is 9.59 Å². The molecule has 1 aromatic rings. The summed E-state index contributed by atoms with van der Waals surface area (Å²) in [6, 6.07) is 7.38. The second-order valence-electron chi connectivity index (χ2n) is 6.57. The Bertz CT molecular complexity index is 594. The molecule has 0 saturated carbocycles. The van der Waals surface area contributed by atoms with Gasteiger partial charge in [-0.15, -0.1) is 0 Å². The van der Waals surface area contributed by atoms with Crippen molar-refractivity contribution in [3.8, 4) is 0 Å². The number of rotatable bonds is 7. The molecule has 1 aliphatic rings. The van der Waals surface area contributed by atoms with E-state index in [2.05, 4.69) is 0 Å². The van der Waals surface area contributed by atoms with E-state index in [4.69, 9.17) is 5.11 Å². The summed E-state index contributed by atoms with van der Waals surface area (Å²) in [4.78, 5) is 36.9. The van der Waals surface area contributed by atoms with Gasteiger partial charge < -0.3 is 10.0 Å². The average molecular weight is 331 g/mol. The number of carboxylic acids is 1. The molecule has 5 heteroatoms. The summed E-state index contributed by atoms with van der Waals surface area (Å²) in [5, 5.41) is 8.77. The van der Waals surface area contributed by atoms with Gasteiger partial charge in [0.1, 0.15) is 0 Å². The van der Waals surface area contributed by atoms with Crippen molar-refractivity contribution in [2.75, 3.05) is 13.1 Å². The zero-order chi connectivity index (χ0) is 17.5. The highest BCUT2D eigenvalue weighted by Crippen LogP contribution is 2.22. The lowest BCUT2D eigenvalue weighted by molar-refractivity contribution is -0.137. The molecule has 24 heavy (non-hydrogen) atoms. The Morgan fingerprint density at radius 1 is 1.12 bits per heavy atom. The third kappa shape index (κ3) is 5.48. The molecule has 1 saturated heterocycles. The zero-order valence-electron chi connectivity index (χ0n) is 14.2. The Morgan fingerprint density at radius 3 is 2.50 bits per heavy atom. The van der Waals surface area contributed by atoms with E-state index in [1.165, 1.54) is 0 Å². The molecule has 0 aliphatic carbocycles. The van der Waals surface area contributed by atoms with Crippen molar-refractivity contribution in [1.82, 2.24) is 4.90 Å². The lowest BCUT2D eigenvalue weighted by Gasteiger charge is -2.32. The second kappa shape index (κ2) is 8.62. The van der Waals surface area contributed by atoms with Crippen LogP contribution in [0.3, 0.4) is 0 Å². The fourth-order valence-corrected chi connectivity index (χ4v) is 3.12. The van der Waals surface area contributed by atoms with Crippen molar-refractivity contribution in [3.05, 3.63) is 35.4 Å². The van der Waals surface area contributed by atoms with Gasteiger partial charge in [-0.2, -0.15) is 0 Å². The molecule has 1 N–H and O–H groups in total. The van der Waals surface area contributed by atoms with Gasteiger partial charge in [0.2, 0.25) is 5.91 Å². The van der Waals surface area contributed by atoms with Crippen molar-refractivity contribution in [3.63, 3.8) is 0 Å². The number of benzene rings is 1. The third-order valence-electron chi connectivity index (χ3n) is 4.58. The second-order valence-corrected chi connectivity index (χ2v) is 6.57. The standard InChI is InChI=1S/C19H25NO4/c1-14-4-7-16(8-5-14)17(21)9-10-18(22)20-12-2-3-15(13-20)6-11-19(23)24/h4-5,7-8,15H,2-3,6,9-13H2,1H3,(H,23,24). The lowest BCUT2D eigenvalue weighted by atomic mass is 9.93. The summed E-state index contributed by atoms with van der Waals surface area (Å²) >= 11 is 0. The van der Waals surface area contributed by atoms with E-state index >= 15 is 0 Å². The highest BCUT2D eigenvalue weighted by Gasteiger charge is 2.24. The first-order chi connectivity index (χ1) is 11.5. The third-order valence-corrected chi connectivity index (χ3v) is 4.58. The van der Waals surface area contributed by atoms with Crippen LogP contribution in [0.4, 0.5) is 0 Å². The van der Waals surface area contributed by atoms with E-state index in [-0.39, 0.29) is 36.9 Å². The van der Waals surface area contributed by atoms with Crippen molar-refractivity contribution in [2.24, 2.45) is 5.92 Å². The van der Waals surface area contributed by atoms with Gasteiger partial charge >= 0.3 is 5.97 Å². The first-order valence-electron chi connectivity index (χ1n) is 8.55. The minimum absolute atomic E-state index is 0.00418. The van der Waals surface area contributed by atoms with Gasteiger partial charge in [0.15, 0.2) is 5.78 Å². The summed E-state index contributed by atoms with van der Waals surface area (Å²) in [6.07, 6.45) is 3.08. The van der Waals surface area contributed by atoms with Gasteiger partial charge in [-0.3, -0.25) is 14.4 Å². The molecule has 0 radical (unpaired) electrons. The Balaban J connectivity index is 1.80. The molecular formula is C19H25NO4. The number of amides is 1. The first-order valence-corrected chi connectivity index (χ1v) is 8.55. The van der Waals surface area contributed by atoms with Crippen LogP contribution in [0.1, 0.15) is 54.4 Å². The normalized spacial score (nSPS) is 17.5. The molecule has 5 nitrogen and oxygen atoms in total. The van der Waals surface area contributed by atoms with E-state index in [0.29, 0.717) is 25.1 Å². The lowest BCUT2D eigenvalue weighted by Crippen LogP contribution is -2.40. The van der Waals surface area contributed by atoms with Crippen LogP contribution in [0, 0.1) is 12.8 Å². The largest absolute Gasteiger partial charge is 0.481 e. The molecule has 1 fully saturated rings. The summed E-state index contributed by atoms with van der Waals surface area (Å²) in [5.41, 5.74) is 1.75. The quantitative estimate of drug-likeness (QED) is 0.779. The number of carbonyl (C=O) groups excluding carboxylic acids is 2. The predicted octanol–water partition coefficient (Wildman–Crippen LogP) is 3.06. The number of hydrogen-bond donors (Lipinski definition) is 1. The van der Waals surface area contributed by atoms with Gasteiger partial charge in [-0.05, 0) is 32.1 Å². The van der Waals surface area contributed by atoms with Crippen molar-refractivity contribution in [1.29, 1.82) is 0 Å². The Hall–Kier alpha value is -2.17. The first kappa shape index (κ1) is 18.2. The van der Waals surface area contributed by atoms with Gasteiger partial charge in [0.25, 0.3) is 0 Å². The van der Waals surface area contributed by atoms with E-state index in [9.17, 15) is 14.4 Å². The molecular weight excluding hydrogens is 306 g/mol. The summed E-state index contributed by atoms with van der Waals surface area (Å²) in [5.74, 6) is -0.549. The fraction of sp³-hybridized carbons (Fsp3) is 0.526. The molecule has 0 spiro atoms. The number of piperidine rings is 1.